The average molecular weight is 1070 g/mol. The van der Waals surface area contributed by atoms with Gasteiger partial charge in [-0.25, -0.2) is 0 Å². The second kappa shape index (κ2) is 22.0. The van der Waals surface area contributed by atoms with E-state index in [0.717, 1.165) is 31.3 Å². The minimum atomic E-state index is -1.71. The van der Waals surface area contributed by atoms with Gasteiger partial charge in [0.15, 0.2) is 30.9 Å². The highest BCUT2D eigenvalue weighted by atomic mass is 16.8. The lowest BCUT2D eigenvalue weighted by Gasteiger charge is -2.60. The SMILES string of the molecule is C[C@H](CC[C@]1(O)O[C@H]2C[C@H]3[C@@H]4CC=C5C[C@@H](O[C@@H]6O[C@H](CO)[C@@H](O)[C@H](O)[C@H]6O[C@@H]6O[C@@H](C)[C@H](O)[C@@H](O)[C@H]6O)C[C@@H](O)[C@]5(C)[C@H]4CC[C@]3(C)[C@H]2[C@@H]1C)CO[C@@H]1O[C@H](CO)[C@@H](O)[C@H](O)[C@H]1O[C@@H]1O[C@@H](C)[C@H](O)[C@@H](O)[C@H]1O. The van der Waals surface area contributed by atoms with Crippen LogP contribution in [0.3, 0.4) is 0 Å². The van der Waals surface area contributed by atoms with Gasteiger partial charge in [0.1, 0.15) is 85.5 Å². The fraction of sp³-hybridized carbons (Fsp3) is 0.961. The van der Waals surface area contributed by atoms with E-state index >= 15 is 0 Å². The van der Waals surface area contributed by atoms with E-state index < -0.39 is 159 Å². The Morgan fingerprint density at radius 3 is 1.77 bits per heavy atom. The van der Waals surface area contributed by atoms with E-state index in [9.17, 15) is 71.5 Å². The standard InChI is InChI=1S/C51H84O23/c1-19(18-66-47-43(39(61)35(57)29(16-52)70-47)72-45-41(63)37(59)33(55)21(3)67-45)9-12-51(65)20(2)32-28(74-51)15-27-25-8-7-23-13-24(14-31(54)50(23,6)26(25)10-11-49(27,32)5)69-48-44(40(62)36(58)30(17-53)71-48)73-46-42(64)38(60)34(56)22(4)68-46/h7,19-22,24-48,52-65H,8-18H2,1-6H3/t19-,20+,21+,22+,24-,25-,26+,27+,28+,29-,30-,31-,32+,33+,34+,35-,36-,37-,38-,39+,40+,41-,42-,43-,44-,45+,46+,47-,48-,49+,50+,51+/m1/s1. The zero-order valence-corrected chi connectivity index (χ0v) is 43.0. The normalized spacial score (nSPS) is 55.9. The topological polar surface area (TPSA) is 366 Å². The van der Waals surface area contributed by atoms with Crippen molar-refractivity contribution in [1.29, 1.82) is 0 Å². The maximum atomic E-state index is 12.3. The fourth-order valence-corrected chi connectivity index (χ4v) is 15.0. The Morgan fingerprint density at radius 2 is 1.20 bits per heavy atom. The van der Waals surface area contributed by atoms with Gasteiger partial charge in [0.05, 0.1) is 50.3 Å². The van der Waals surface area contributed by atoms with Crippen LogP contribution >= 0.6 is 0 Å². The zero-order chi connectivity index (χ0) is 53.7. The number of aliphatic hydroxyl groups is 14. The van der Waals surface area contributed by atoms with Gasteiger partial charge in [0.2, 0.25) is 0 Å². The lowest BCUT2D eigenvalue weighted by atomic mass is 9.46. The van der Waals surface area contributed by atoms with Crippen molar-refractivity contribution < 1.29 is 114 Å². The van der Waals surface area contributed by atoms with Crippen molar-refractivity contribution in [2.24, 2.45) is 46.3 Å². The summed E-state index contributed by atoms with van der Waals surface area (Å²) in [5.41, 5.74) is 0.289. The molecule has 0 radical (unpaired) electrons. The van der Waals surface area contributed by atoms with Crippen molar-refractivity contribution in [2.75, 3.05) is 19.8 Å². The maximum Gasteiger partial charge on any atom is 0.187 e. The van der Waals surface area contributed by atoms with Gasteiger partial charge in [-0.05, 0) is 87.4 Å². The molecule has 0 aromatic carbocycles. The van der Waals surface area contributed by atoms with Gasteiger partial charge in [-0.1, -0.05) is 39.3 Å². The van der Waals surface area contributed by atoms with Gasteiger partial charge in [-0.15, -0.1) is 0 Å². The summed E-state index contributed by atoms with van der Waals surface area (Å²) >= 11 is 0. The van der Waals surface area contributed by atoms with Crippen molar-refractivity contribution in [3.05, 3.63) is 11.6 Å². The van der Waals surface area contributed by atoms with E-state index in [1.54, 1.807) is 0 Å². The van der Waals surface area contributed by atoms with Crippen LogP contribution in [-0.4, -0.2) is 238 Å². The van der Waals surface area contributed by atoms with E-state index in [1.807, 2.05) is 6.92 Å². The van der Waals surface area contributed by atoms with Crippen LogP contribution in [0.15, 0.2) is 11.6 Å². The summed E-state index contributed by atoms with van der Waals surface area (Å²) in [4.78, 5) is 0. The molecule has 5 aliphatic heterocycles. The van der Waals surface area contributed by atoms with Gasteiger partial charge >= 0.3 is 0 Å². The average Bonchev–Trinajstić information content (AvgIpc) is 3.81. The lowest BCUT2D eigenvalue weighted by molar-refractivity contribution is -0.370. The van der Waals surface area contributed by atoms with Gasteiger partial charge in [-0.2, -0.15) is 0 Å². The smallest absolute Gasteiger partial charge is 0.187 e. The van der Waals surface area contributed by atoms with E-state index in [-0.39, 0.29) is 60.1 Å². The summed E-state index contributed by atoms with van der Waals surface area (Å²) in [6.45, 7) is 10.1. The minimum Gasteiger partial charge on any atom is -0.394 e. The molecule has 3 saturated carbocycles. The molecule has 23 nitrogen and oxygen atoms in total. The monoisotopic (exact) mass is 1060 g/mol. The predicted molar refractivity (Wildman–Crippen MR) is 250 cm³/mol. The Morgan fingerprint density at radius 1 is 0.649 bits per heavy atom. The van der Waals surface area contributed by atoms with Crippen LogP contribution < -0.4 is 0 Å². The number of allylic oxidation sites excluding steroid dienone is 1. The van der Waals surface area contributed by atoms with Crippen molar-refractivity contribution in [2.45, 2.75) is 240 Å². The van der Waals surface area contributed by atoms with Crippen LogP contribution in [0.2, 0.25) is 0 Å². The van der Waals surface area contributed by atoms with Crippen LogP contribution in [-0.2, 0) is 42.6 Å². The summed E-state index contributed by atoms with van der Waals surface area (Å²) in [5.74, 6) is -1.16. The quantitative estimate of drug-likeness (QED) is 0.0771. The molecule has 426 valence electrons. The Hall–Kier alpha value is -1.18. The zero-order valence-electron chi connectivity index (χ0n) is 43.0. The molecule has 0 unspecified atom stereocenters. The molecule has 9 rings (SSSR count). The predicted octanol–water partition coefficient (Wildman–Crippen LogP) is -3.01. The van der Waals surface area contributed by atoms with Crippen molar-refractivity contribution in [1.82, 2.24) is 0 Å². The molecule has 5 saturated heterocycles. The molecule has 9 aliphatic rings. The minimum absolute atomic E-state index is 0.0453. The molecule has 0 amide bonds. The molecule has 23 heteroatoms. The van der Waals surface area contributed by atoms with Crippen LogP contribution in [0, 0.1) is 46.3 Å². The lowest BCUT2D eigenvalue weighted by Crippen LogP contribution is -2.64. The molecular formula is C51H84O23. The molecule has 8 fully saturated rings. The first kappa shape index (κ1) is 57.5. The van der Waals surface area contributed by atoms with Crippen LogP contribution in [0.5, 0.6) is 0 Å². The maximum absolute atomic E-state index is 12.3. The summed E-state index contributed by atoms with van der Waals surface area (Å²) in [6.07, 6.45) is -23.8. The molecule has 4 aliphatic carbocycles. The molecule has 0 bridgehead atoms. The molecular weight excluding hydrogens is 981 g/mol. The molecule has 32 atom stereocenters. The van der Waals surface area contributed by atoms with Gasteiger partial charge in [0, 0.05) is 24.2 Å². The van der Waals surface area contributed by atoms with Crippen molar-refractivity contribution in [3.63, 3.8) is 0 Å². The van der Waals surface area contributed by atoms with Crippen molar-refractivity contribution in [3.8, 4) is 0 Å². The number of rotatable bonds is 14. The number of hydrogen-bond acceptors (Lipinski definition) is 23. The van der Waals surface area contributed by atoms with Crippen LogP contribution in [0.25, 0.3) is 0 Å². The third-order valence-electron chi connectivity index (χ3n) is 19.6. The van der Waals surface area contributed by atoms with Gasteiger partial charge in [0.25, 0.3) is 0 Å². The summed E-state index contributed by atoms with van der Waals surface area (Å²) < 4.78 is 54.0. The first-order chi connectivity index (χ1) is 34.9. The van der Waals surface area contributed by atoms with Gasteiger partial charge < -0.3 is 114 Å². The molecule has 0 spiro atoms. The summed E-state index contributed by atoms with van der Waals surface area (Å²) in [6, 6.07) is 0. The van der Waals surface area contributed by atoms with E-state index in [2.05, 4.69) is 26.8 Å². The first-order valence-corrected chi connectivity index (χ1v) is 26.9. The number of fused-ring (bicyclic) bond motifs is 7. The highest BCUT2D eigenvalue weighted by molar-refractivity contribution is 5.28. The summed E-state index contributed by atoms with van der Waals surface area (Å²) in [7, 11) is 0. The first-order valence-electron chi connectivity index (χ1n) is 26.9. The molecule has 0 aromatic heterocycles. The molecule has 74 heavy (non-hydrogen) atoms. The number of hydrogen-bond donors (Lipinski definition) is 14. The number of ether oxygens (including phenoxy) is 9. The van der Waals surface area contributed by atoms with Crippen molar-refractivity contribution >= 4 is 0 Å². The summed E-state index contributed by atoms with van der Waals surface area (Å²) in [5, 5.41) is 151. The Balaban J connectivity index is 0.818. The van der Waals surface area contributed by atoms with Crippen LogP contribution in [0.1, 0.15) is 92.9 Å². The molecule has 0 aromatic rings. The third kappa shape index (κ3) is 10.00. The molecule has 14 N–H and O–H groups in total. The molecule has 5 heterocycles. The second-order valence-corrected chi connectivity index (χ2v) is 23.9. The van der Waals surface area contributed by atoms with E-state index in [4.69, 9.17) is 42.6 Å². The second-order valence-electron chi connectivity index (χ2n) is 23.9. The Kier molecular flexibility index (Phi) is 17.1. The Bertz CT molecular complexity index is 1940. The van der Waals surface area contributed by atoms with E-state index in [1.165, 1.54) is 13.8 Å². The fourth-order valence-electron chi connectivity index (χ4n) is 15.0. The van der Waals surface area contributed by atoms with Crippen LogP contribution in [0.4, 0.5) is 0 Å². The van der Waals surface area contributed by atoms with Gasteiger partial charge in [-0.3, -0.25) is 0 Å². The number of aliphatic hydroxyl groups excluding tert-OH is 13. The highest BCUT2D eigenvalue weighted by Gasteiger charge is 2.69. The largest absolute Gasteiger partial charge is 0.394 e. The highest BCUT2D eigenvalue weighted by Crippen LogP contribution is 2.70. The Labute approximate surface area is 430 Å². The van der Waals surface area contributed by atoms with E-state index in [0.29, 0.717) is 19.3 Å². The third-order valence-corrected chi connectivity index (χ3v) is 19.6.